The van der Waals surface area contributed by atoms with E-state index >= 15 is 0 Å². The van der Waals surface area contributed by atoms with E-state index in [1.807, 2.05) is 24.4 Å². The molecule has 3 N–H and O–H groups in total. The van der Waals surface area contributed by atoms with Gasteiger partial charge in [-0.25, -0.2) is 0 Å². The quantitative estimate of drug-likeness (QED) is 0.455. The molecule has 1 saturated heterocycles. The molecule has 8 heteroatoms. The molecule has 1 aliphatic heterocycles. The van der Waals surface area contributed by atoms with E-state index in [0.29, 0.717) is 24.2 Å². The zero-order valence-corrected chi connectivity index (χ0v) is 18.5. The van der Waals surface area contributed by atoms with Crippen LogP contribution in [0.1, 0.15) is 52.1 Å². The number of fused-ring (bicyclic) bond motifs is 5. The normalized spacial score (nSPS) is 18.4. The maximum absolute atomic E-state index is 13.1. The van der Waals surface area contributed by atoms with Crippen molar-refractivity contribution in [1.82, 2.24) is 30.4 Å². The van der Waals surface area contributed by atoms with Crippen molar-refractivity contribution in [3.8, 4) is 11.4 Å². The van der Waals surface area contributed by atoms with Crippen LogP contribution in [0.5, 0.6) is 0 Å². The highest BCUT2D eigenvalue weighted by atomic mass is 16.2. The smallest absolute Gasteiger partial charge is 0.255 e. The molecule has 2 aliphatic rings. The molecule has 1 fully saturated rings. The van der Waals surface area contributed by atoms with E-state index in [-0.39, 0.29) is 23.3 Å². The Labute approximate surface area is 190 Å². The van der Waals surface area contributed by atoms with Gasteiger partial charge in [0.25, 0.3) is 11.8 Å². The van der Waals surface area contributed by atoms with Crippen LogP contribution in [0.4, 0.5) is 0 Å². The number of nitrogens with one attached hydrogen (secondary N) is 3. The number of hydrogen-bond donors (Lipinski definition) is 3. The average molecular weight is 441 g/mol. The molecule has 4 heterocycles. The lowest BCUT2D eigenvalue weighted by Gasteiger charge is -2.19. The van der Waals surface area contributed by atoms with E-state index < -0.39 is 0 Å². The largest absolute Gasteiger partial charge is 0.353 e. The Kier molecular flexibility index (Phi) is 4.20. The van der Waals surface area contributed by atoms with E-state index in [1.54, 1.807) is 29.4 Å². The van der Waals surface area contributed by atoms with Crippen molar-refractivity contribution in [2.45, 2.75) is 31.7 Å². The Morgan fingerprint density at radius 3 is 2.85 bits per heavy atom. The second kappa shape index (κ2) is 7.03. The molecule has 2 amide bonds. The predicted octanol–water partition coefficient (Wildman–Crippen LogP) is 3.24. The maximum Gasteiger partial charge on any atom is 0.255 e. The van der Waals surface area contributed by atoms with E-state index in [2.05, 4.69) is 39.3 Å². The van der Waals surface area contributed by atoms with Crippen molar-refractivity contribution < 1.29 is 9.59 Å². The number of H-pyrrole nitrogens is 2. The highest BCUT2D eigenvalue weighted by molar-refractivity contribution is 6.02. The minimum absolute atomic E-state index is 0.0518. The van der Waals surface area contributed by atoms with Gasteiger partial charge in [0.1, 0.15) is 0 Å². The van der Waals surface area contributed by atoms with Crippen LogP contribution >= 0.6 is 0 Å². The number of benzene rings is 1. The molecule has 1 aromatic carbocycles. The molecule has 3 aromatic heterocycles. The SMILES string of the molecule is CC1(C)c2cn[nH]c2-c2[nH]c3ccc(C(=O)NC4CCN(C(=O)c5cccnc5)C4)cc3c21. The van der Waals surface area contributed by atoms with Crippen LogP contribution in [0.15, 0.2) is 48.9 Å². The van der Waals surface area contributed by atoms with Crippen molar-refractivity contribution in [2.75, 3.05) is 13.1 Å². The molecule has 1 unspecified atom stereocenters. The van der Waals surface area contributed by atoms with Crippen LogP contribution in [0.25, 0.3) is 22.3 Å². The van der Waals surface area contributed by atoms with E-state index in [9.17, 15) is 9.59 Å². The lowest BCUT2D eigenvalue weighted by atomic mass is 9.82. The number of aromatic amines is 2. The van der Waals surface area contributed by atoms with Gasteiger partial charge < -0.3 is 15.2 Å². The summed E-state index contributed by atoms with van der Waals surface area (Å²) in [5, 5.41) is 11.5. The highest BCUT2D eigenvalue weighted by Crippen LogP contribution is 2.50. The van der Waals surface area contributed by atoms with E-state index in [0.717, 1.165) is 34.3 Å². The van der Waals surface area contributed by atoms with Gasteiger partial charge in [0, 0.05) is 59.0 Å². The van der Waals surface area contributed by atoms with Crippen molar-refractivity contribution >= 4 is 22.7 Å². The van der Waals surface area contributed by atoms with Gasteiger partial charge in [-0.3, -0.25) is 19.7 Å². The van der Waals surface area contributed by atoms with E-state index in [1.165, 1.54) is 5.56 Å². The third-order valence-electron chi connectivity index (χ3n) is 6.97. The van der Waals surface area contributed by atoms with Gasteiger partial charge in [0.2, 0.25) is 0 Å². The zero-order chi connectivity index (χ0) is 22.7. The lowest BCUT2D eigenvalue weighted by Crippen LogP contribution is -2.38. The molecule has 0 bridgehead atoms. The number of rotatable bonds is 3. The first-order valence-corrected chi connectivity index (χ1v) is 11.1. The minimum Gasteiger partial charge on any atom is -0.353 e. The molecule has 0 radical (unpaired) electrons. The molecule has 0 saturated carbocycles. The third-order valence-corrected chi connectivity index (χ3v) is 6.97. The van der Waals surface area contributed by atoms with Gasteiger partial charge >= 0.3 is 0 Å². The van der Waals surface area contributed by atoms with Crippen molar-refractivity contribution in [3.63, 3.8) is 0 Å². The number of pyridine rings is 1. The monoisotopic (exact) mass is 440 g/mol. The van der Waals surface area contributed by atoms with Gasteiger partial charge in [-0.1, -0.05) is 13.8 Å². The fourth-order valence-electron chi connectivity index (χ4n) is 5.26. The van der Waals surface area contributed by atoms with Gasteiger partial charge in [0.05, 0.1) is 23.1 Å². The summed E-state index contributed by atoms with van der Waals surface area (Å²) in [7, 11) is 0. The molecule has 1 aliphatic carbocycles. The number of carbonyl (C=O) groups excluding carboxylic acids is 2. The Morgan fingerprint density at radius 1 is 1.15 bits per heavy atom. The lowest BCUT2D eigenvalue weighted by molar-refractivity contribution is 0.0783. The first-order valence-electron chi connectivity index (χ1n) is 11.1. The highest BCUT2D eigenvalue weighted by Gasteiger charge is 2.40. The standard InChI is InChI=1S/C25H24N6O2/c1-25(2)18-12-27-30-21(18)22-20(25)17-10-14(5-6-19(17)29-22)23(32)28-16-7-9-31(13-16)24(33)15-4-3-8-26-11-15/h3-6,8,10-12,16,29H,7,9,13H2,1-2H3,(H,27,30)(H,28,32). The maximum atomic E-state index is 13.1. The summed E-state index contributed by atoms with van der Waals surface area (Å²) in [4.78, 5) is 35.1. The average Bonchev–Trinajstić information content (AvgIpc) is 3.58. The summed E-state index contributed by atoms with van der Waals surface area (Å²) in [6.07, 6.45) is 5.83. The van der Waals surface area contributed by atoms with Crippen molar-refractivity contribution in [1.29, 1.82) is 0 Å². The number of amides is 2. The summed E-state index contributed by atoms with van der Waals surface area (Å²) in [5.41, 5.74) is 6.38. The number of likely N-dealkylation sites (tertiary alicyclic amines) is 1. The van der Waals surface area contributed by atoms with Crippen LogP contribution in [-0.2, 0) is 5.41 Å². The van der Waals surface area contributed by atoms with Gasteiger partial charge in [-0.2, -0.15) is 5.10 Å². The second-order valence-electron chi connectivity index (χ2n) is 9.37. The Bertz CT molecular complexity index is 1400. The van der Waals surface area contributed by atoms with Gasteiger partial charge in [-0.15, -0.1) is 0 Å². The summed E-state index contributed by atoms with van der Waals surface area (Å²) >= 11 is 0. The Hall–Kier alpha value is -3.94. The molecule has 166 valence electrons. The van der Waals surface area contributed by atoms with Crippen LogP contribution in [0.2, 0.25) is 0 Å². The molecule has 33 heavy (non-hydrogen) atoms. The molecule has 4 aromatic rings. The Morgan fingerprint density at radius 2 is 2.03 bits per heavy atom. The summed E-state index contributed by atoms with van der Waals surface area (Å²) < 4.78 is 0. The first kappa shape index (κ1) is 19.7. The van der Waals surface area contributed by atoms with Gasteiger partial charge in [0.15, 0.2) is 0 Å². The topological polar surface area (TPSA) is 107 Å². The zero-order valence-electron chi connectivity index (χ0n) is 18.5. The fraction of sp³-hybridized carbons (Fsp3) is 0.280. The number of carbonyl (C=O) groups is 2. The predicted molar refractivity (Wildman–Crippen MR) is 124 cm³/mol. The van der Waals surface area contributed by atoms with E-state index in [4.69, 9.17) is 0 Å². The molecule has 0 spiro atoms. The minimum atomic E-state index is -0.205. The number of aromatic nitrogens is 4. The molecular formula is C25H24N6O2. The van der Waals surface area contributed by atoms with Crippen LogP contribution in [0, 0.1) is 0 Å². The van der Waals surface area contributed by atoms with Crippen molar-refractivity contribution in [2.24, 2.45) is 0 Å². The molecule has 8 nitrogen and oxygen atoms in total. The van der Waals surface area contributed by atoms with Crippen LogP contribution in [0.3, 0.4) is 0 Å². The van der Waals surface area contributed by atoms with Crippen molar-refractivity contribution in [3.05, 3.63) is 71.2 Å². The van der Waals surface area contributed by atoms with Crippen LogP contribution in [-0.4, -0.2) is 56.0 Å². The summed E-state index contributed by atoms with van der Waals surface area (Å²) in [6.45, 7) is 5.47. The molecular weight excluding hydrogens is 416 g/mol. The van der Waals surface area contributed by atoms with Crippen LogP contribution < -0.4 is 5.32 Å². The Balaban J connectivity index is 1.22. The fourth-order valence-corrected chi connectivity index (χ4v) is 5.26. The summed E-state index contributed by atoms with van der Waals surface area (Å²) in [5.74, 6) is -0.174. The van der Waals surface area contributed by atoms with Gasteiger partial charge in [-0.05, 0) is 42.3 Å². The summed E-state index contributed by atoms with van der Waals surface area (Å²) in [6, 6.07) is 9.21. The number of nitrogens with zero attached hydrogens (tertiary/aromatic N) is 3. The second-order valence-corrected chi connectivity index (χ2v) is 9.37. The number of hydrogen-bond acceptors (Lipinski definition) is 4. The molecule has 6 rings (SSSR count). The molecule has 1 atom stereocenters. The third kappa shape index (κ3) is 2.97. The first-order chi connectivity index (χ1) is 15.9.